The highest BCUT2D eigenvalue weighted by molar-refractivity contribution is 9.10. The molecule has 1 fully saturated rings. The average molecular weight is 324 g/mol. The van der Waals surface area contributed by atoms with Crippen molar-refractivity contribution in [2.45, 2.75) is 25.5 Å². The molecular weight excluding hydrogens is 306 g/mol. The molecule has 1 aromatic carbocycles. The van der Waals surface area contributed by atoms with Crippen LogP contribution in [-0.4, -0.2) is 35.8 Å². The van der Waals surface area contributed by atoms with Crippen LogP contribution in [0.4, 0.5) is 0 Å². The van der Waals surface area contributed by atoms with E-state index in [1.54, 1.807) is 0 Å². The van der Waals surface area contributed by atoms with Gasteiger partial charge in [0, 0.05) is 23.1 Å². The van der Waals surface area contributed by atoms with E-state index in [0.29, 0.717) is 0 Å². The van der Waals surface area contributed by atoms with Crippen molar-refractivity contribution in [3.63, 3.8) is 0 Å². The highest BCUT2D eigenvalue weighted by atomic mass is 79.9. The number of nitrogens with zero attached hydrogens (tertiary/aromatic N) is 1. The van der Waals surface area contributed by atoms with Gasteiger partial charge in [-0.05, 0) is 37.6 Å². The summed E-state index contributed by atoms with van der Waals surface area (Å²) in [6.45, 7) is 2.78. The van der Waals surface area contributed by atoms with Gasteiger partial charge in [-0.3, -0.25) is 4.90 Å². The van der Waals surface area contributed by atoms with E-state index in [4.69, 9.17) is 11.2 Å². The number of rotatable bonds is 4. The van der Waals surface area contributed by atoms with Crippen LogP contribution in [0.15, 0.2) is 22.7 Å². The van der Waals surface area contributed by atoms with Crippen LogP contribution in [0.2, 0.25) is 0 Å². The van der Waals surface area contributed by atoms with Gasteiger partial charge in [0.2, 0.25) is 0 Å². The maximum Gasteiger partial charge on any atom is 0.148 e. The number of halogens is 1. The zero-order valence-electron chi connectivity index (χ0n) is 10.8. The molecule has 0 aliphatic carbocycles. The number of aliphatic hydroxyl groups is 1. The van der Waals surface area contributed by atoms with E-state index in [2.05, 4.69) is 26.8 Å². The lowest BCUT2D eigenvalue weighted by atomic mass is 10.1. The first-order valence-electron chi connectivity index (χ1n) is 6.44. The zero-order chi connectivity index (χ0) is 13.7. The fraction of sp³-hybridized carbons (Fsp3) is 0.467. The van der Waals surface area contributed by atoms with Crippen molar-refractivity contribution in [2.24, 2.45) is 0 Å². The number of hydrogen-bond acceptors (Lipinski definition) is 3. The number of terminal acetylenes is 1. The Labute approximate surface area is 122 Å². The third-order valence-electron chi connectivity index (χ3n) is 3.21. The normalized spacial score (nSPS) is 19.9. The van der Waals surface area contributed by atoms with Crippen molar-refractivity contribution in [1.82, 2.24) is 4.90 Å². The Kier molecular flexibility index (Phi) is 5.26. The van der Waals surface area contributed by atoms with Crippen LogP contribution in [0.25, 0.3) is 0 Å². The minimum atomic E-state index is -0.212. The molecule has 0 bridgehead atoms. The van der Waals surface area contributed by atoms with Gasteiger partial charge in [-0.25, -0.2) is 0 Å². The molecule has 1 aliphatic heterocycles. The number of β-amino-alcohol motifs (C(OH)–C–C–N with tert-alkyl or cyclic N) is 1. The lowest BCUT2D eigenvalue weighted by molar-refractivity contribution is 0.0663. The zero-order valence-corrected chi connectivity index (χ0v) is 12.4. The molecule has 102 valence electrons. The van der Waals surface area contributed by atoms with Crippen LogP contribution in [0.5, 0.6) is 5.75 Å². The fourth-order valence-corrected chi connectivity index (χ4v) is 2.76. The second kappa shape index (κ2) is 6.95. The van der Waals surface area contributed by atoms with E-state index in [0.717, 1.165) is 48.3 Å². The summed E-state index contributed by atoms with van der Waals surface area (Å²) in [6.07, 6.45) is 6.95. The molecule has 0 spiro atoms. The monoisotopic (exact) mass is 323 g/mol. The summed E-state index contributed by atoms with van der Waals surface area (Å²) in [5.41, 5.74) is 1.10. The smallest absolute Gasteiger partial charge is 0.148 e. The minimum Gasteiger partial charge on any atom is -0.481 e. The molecule has 1 unspecified atom stereocenters. The highest BCUT2D eigenvalue weighted by Crippen LogP contribution is 2.25. The second-order valence-corrected chi connectivity index (χ2v) is 5.69. The summed E-state index contributed by atoms with van der Waals surface area (Å²) >= 11 is 3.48. The Balaban J connectivity index is 2.09. The molecule has 1 aromatic rings. The summed E-state index contributed by atoms with van der Waals surface area (Å²) in [5.74, 6) is 3.30. The fourth-order valence-electron chi connectivity index (χ4n) is 2.35. The van der Waals surface area contributed by atoms with E-state index >= 15 is 0 Å². The molecule has 4 heteroatoms. The third-order valence-corrected chi connectivity index (χ3v) is 3.70. The van der Waals surface area contributed by atoms with Crippen LogP contribution in [-0.2, 0) is 6.54 Å². The van der Waals surface area contributed by atoms with Crippen molar-refractivity contribution in [3.05, 3.63) is 28.2 Å². The number of piperidine rings is 1. The van der Waals surface area contributed by atoms with Gasteiger partial charge >= 0.3 is 0 Å². The van der Waals surface area contributed by atoms with Crippen LogP contribution < -0.4 is 4.74 Å². The maximum absolute atomic E-state index is 9.71. The van der Waals surface area contributed by atoms with Gasteiger partial charge in [0.25, 0.3) is 0 Å². The molecule has 1 atom stereocenters. The van der Waals surface area contributed by atoms with Crippen LogP contribution in [0, 0.1) is 12.3 Å². The lowest BCUT2D eigenvalue weighted by Gasteiger charge is -2.30. The van der Waals surface area contributed by atoms with Gasteiger partial charge < -0.3 is 9.84 Å². The number of likely N-dealkylation sites (tertiary alicyclic amines) is 1. The lowest BCUT2D eigenvalue weighted by Crippen LogP contribution is -2.37. The minimum absolute atomic E-state index is 0.212. The number of benzene rings is 1. The van der Waals surface area contributed by atoms with Crippen LogP contribution in [0.3, 0.4) is 0 Å². The third kappa shape index (κ3) is 4.24. The molecular formula is C15H18BrNO2. The largest absolute Gasteiger partial charge is 0.481 e. The summed E-state index contributed by atoms with van der Waals surface area (Å²) in [7, 11) is 0. The number of ether oxygens (including phenoxy) is 1. The van der Waals surface area contributed by atoms with Gasteiger partial charge in [0.1, 0.15) is 12.4 Å². The molecule has 0 amide bonds. The second-order valence-electron chi connectivity index (χ2n) is 4.78. The van der Waals surface area contributed by atoms with Crippen molar-refractivity contribution < 1.29 is 9.84 Å². The Morgan fingerprint density at radius 3 is 3.11 bits per heavy atom. The van der Waals surface area contributed by atoms with Gasteiger partial charge in [-0.2, -0.15) is 0 Å². The summed E-state index contributed by atoms with van der Waals surface area (Å²) in [4.78, 5) is 2.25. The predicted molar refractivity (Wildman–Crippen MR) is 79.0 cm³/mol. The predicted octanol–water partition coefficient (Wildman–Crippen LogP) is 2.42. The van der Waals surface area contributed by atoms with E-state index in [9.17, 15) is 5.11 Å². The molecule has 1 aliphatic rings. The van der Waals surface area contributed by atoms with Crippen molar-refractivity contribution in [3.8, 4) is 18.1 Å². The van der Waals surface area contributed by atoms with E-state index in [-0.39, 0.29) is 12.7 Å². The van der Waals surface area contributed by atoms with Crippen molar-refractivity contribution >= 4 is 15.9 Å². The maximum atomic E-state index is 9.71. The Morgan fingerprint density at radius 1 is 1.53 bits per heavy atom. The highest BCUT2D eigenvalue weighted by Gasteiger charge is 2.19. The SMILES string of the molecule is C#CCOc1ccc(Br)cc1CN1CCCC(O)C1. The quantitative estimate of drug-likeness (QED) is 0.864. The molecule has 1 N–H and O–H groups in total. The topological polar surface area (TPSA) is 32.7 Å². The van der Waals surface area contributed by atoms with Crippen LogP contribution >= 0.6 is 15.9 Å². The Bertz CT molecular complexity index is 470. The molecule has 0 aromatic heterocycles. The van der Waals surface area contributed by atoms with Crippen molar-refractivity contribution in [1.29, 1.82) is 0 Å². The average Bonchev–Trinajstić information content (AvgIpc) is 2.38. The molecule has 0 saturated carbocycles. The van der Waals surface area contributed by atoms with E-state index in [1.807, 2.05) is 18.2 Å². The summed E-state index contributed by atoms with van der Waals surface area (Å²) in [5, 5.41) is 9.71. The van der Waals surface area contributed by atoms with Crippen LogP contribution in [0.1, 0.15) is 18.4 Å². The van der Waals surface area contributed by atoms with Gasteiger partial charge in [0.15, 0.2) is 0 Å². The molecule has 19 heavy (non-hydrogen) atoms. The summed E-state index contributed by atoms with van der Waals surface area (Å²) < 4.78 is 6.58. The Hall–Kier alpha value is -1.02. The first-order valence-corrected chi connectivity index (χ1v) is 7.23. The van der Waals surface area contributed by atoms with E-state index < -0.39 is 0 Å². The summed E-state index contributed by atoms with van der Waals surface area (Å²) in [6, 6.07) is 5.92. The Morgan fingerprint density at radius 2 is 2.37 bits per heavy atom. The van der Waals surface area contributed by atoms with Gasteiger partial charge in [-0.1, -0.05) is 21.9 Å². The number of hydrogen-bond donors (Lipinski definition) is 1. The molecule has 2 rings (SSSR count). The molecule has 3 nitrogen and oxygen atoms in total. The van der Waals surface area contributed by atoms with Gasteiger partial charge in [-0.15, -0.1) is 6.42 Å². The van der Waals surface area contributed by atoms with Crippen molar-refractivity contribution in [2.75, 3.05) is 19.7 Å². The molecule has 1 saturated heterocycles. The van der Waals surface area contributed by atoms with E-state index in [1.165, 1.54) is 0 Å². The van der Waals surface area contributed by atoms with Gasteiger partial charge in [0.05, 0.1) is 6.10 Å². The molecule has 0 radical (unpaired) electrons. The standard InChI is InChI=1S/C15H18BrNO2/c1-2-8-19-15-6-5-13(16)9-12(15)10-17-7-3-4-14(18)11-17/h1,5-6,9,14,18H,3-4,7-8,10-11H2. The first-order chi connectivity index (χ1) is 9.19. The molecule has 1 heterocycles. The first kappa shape index (κ1) is 14.4. The number of aliphatic hydroxyl groups excluding tert-OH is 1.